The van der Waals surface area contributed by atoms with Crippen LogP contribution in [0.4, 0.5) is 5.69 Å². The molecule has 0 bridgehead atoms. The Morgan fingerprint density at radius 3 is 2.55 bits per heavy atom. The second kappa shape index (κ2) is 6.57. The molecule has 0 aliphatic carbocycles. The van der Waals surface area contributed by atoms with Crippen molar-refractivity contribution in [1.29, 1.82) is 0 Å². The van der Waals surface area contributed by atoms with Crippen LogP contribution >= 0.6 is 15.9 Å². The third kappa shape index (κ3) is 3.84. The van der Waals surface area contributed by atoms with Gasteiger partial charge in [-0.15, -0.1) is 0 Å². The first-order valence-electron chi connectivity index (χ1n) is 6.45. The monoisotopic (exact) mass is 332 g/mol. The van der Waals surface area contributed by atoms with Crippen molar-refractivity contribution >= 4 is 27.5 Å². The lowest BCUT2D eigenvalue weighted by atomic mass is 10.1. The Hall–Kier alpha value is -1.81. The molecule has 2 aromatic carbocycles. The van der Waals surface area contributed by atoms with Crippen LogP contribution in [-0.4, -0.2) is 12.5 Å². The zero-order chi connectivity index (χ0) is 14.5. The van der Waals surface area contributed by atoms with E-state index in [0.717, 1.165) is 27.7 Å². The molecule has 0 fully saturated rings. The van der Waals surface area contributed by atoms with Gasteiger partial charge in [0.1, 0.15) is 0 Å². The van der Waals surface area contributed by atoms with Gasteiger partial charge in [-0.3, -0.25) is 4.79 Å². The number of nitrogen functional groups attached to an aromatic ring is 1. The van der Waals surface area contributed by atoms with Crippen molar-refractivity contribution in [2.24, 2.45) is 0 Å². The van der Waals surface area contributed by atoms with Gasteiger partial charge in [-0.2, -0.15) is 0 Å². The molecule has 0 saturated carbocycles. The third-order valence-electron chi connectivity index (χ3n) is 3.11. The summed E-state index contributed by atoms with van der Waals surface area (Å²) in [5, 5.41) is 2.92. The molecule has 2 aromatic rings. The van der Waals surface area contributed by atoms with Crippen molar-refractivity contribution in [3.8, 4) is 0 Å². The van der Waals surface area contributed by atoms with Crippen molar-refractivity contribution < 1.29 is 4.79 Å². The van der Waals surface area contributed by atoms with E-state index in [-0.39, 0.29) is 5.91 Å². The first kappa shape index (κ1) is 14.6. The first-order valence-corrected chi connectivity index (χ1v) is 7.24. The van der Waals surface area contributed by atoms with Gasteiger partial charge in [-0.1, -0.05) is 34.1 Å². The summed E-state index contributed by atoms with van der Waals surface area (Å²) < 4.78 is 0.948. The summed E-state index contributed by atoms with van der Waals surface area (Å²) in [7, 11) is 0. The minimum Gasteiger partial charge on any atom is -0.399 e. The Morgan fingerprint density at radius 2 is 1.90 bits per heavy atom. The van der Waals surface area contributed by atoms with E-state index in [1.807, 2.05) is 49.4 Å². The molecule has 3 nitrogen and oxygen atoms in total. The molecule has 1 amide bonds. The highest BCUT2D eigenvalue weighted by Gasteiger charge is 2.06. The van der Waals surface area contributed by atoms with Crippen LogP contribution in [0, 0.1) is 6.92 Å². The zero-order valence-corrected chi connectivity index (χ0v) is 12.9. The summed E-state index contributed by atoms with van der Waals surface area (Å²) in [6, 6.07) is 13.3. The number of rotatable bonds is 4. The summed E-state index contributed by atoms with van der Waals surface area (Å²) >= 11 is 3.43. The number of carbonyl (C=O) groups is 1. The molecule has 3 N–H and O–H groups in total. The summed E-state index contributed by atoms with van der Waals surface area (Å²) in [5.41, 5.74) is 9.32. The van der Waals surface area contributed by atoms with Crippen LogP contribution in [0.2, 0.25) is 0 Å². The van der Waals surface area contributed by atoms with E-state index in [4.69, 9.17) is 5.73 Å². The molecule has 0 aromatic heterocycles. The van der Waals surface area contributed by atoms with Crippen LogP contribution in [0.3, 0.4) is 0 Å². The van der Waals surface area contributed by atoms with Crippen LogP contribution < -0.4 is 11.1 Å². The molecular weight excluding hydrogens is 316 g/mol. The Labute approximate surface area is 127 Å². The third-order valence-corrected chi connectivity index (χ3v) is 3.97. The van der Waals surface area contributed by atoms with E-state index >= 15 is 0 Å². The highest BCUT2D eigenvalue weighted by Crippen LogP contribution is 2.17. The molecule has 20 heavy (non-hydrogen) atoms. The highest BCUT2D eigenvalue weighted by molar-refractivity contribution is 9.10. The van der Waals surface area contributed by atoms with Gasteiger partial charge < -0.3 is 11.1 Å². The minimum atomic E-state index is -0.0545. The molecule has 4 heteroatoms. The topological polar surface area (TPSA) is 55.1 Å². The average Bonchev–Trinajstić information content (AvgIpc) is 2.44. The quantitative estimate of drug-likeness (QED) is 0.844. The Kier molecular flexibility index (Phi) is 4.79. The van der Waals surface area contributed by atoms with Crippen molar-refractivity contribution in [2.45, 2.75) is 13.3 Å². The number of nitrogens with two attached hydrogens (primary N) is 1. The fourth-order valence-corrected chi connectivity index (χ4v) is 2.22. The van der Waals surface area contributed by atoms with Gasteiger partial charge in [-0.25, -0.2) is 0 Å². The van der Waals surface area contributed by atoms with Gasteiger partial charge in [0.05, 0.1) is 0 Å². The standard InChI is InChI=1S/C16H17BrN2O/c1-11-2-5-13(10-15(11)17)16(20)19-9-8-12-3-6-14(18)7-4-12/h2-7,10H,8-9,18H2,1H3,(H,19,20). The largest absolute Gasteiger partial charge is 0.399 e. The maximum atomic E-state index is 12.0. The second-order valence-electron chi connectivity index (χ2n) is 4.71. The van der Waals surface area contributed by atoms with E-state index in [2.05, 4.69) is 21.2 Å². The number of amides is 1. The minimum absolute atomic E-state index is 0.0545. The smallest absolute Gasteiger partial charge is 0.251 e. The predicted molar refractivity (Wildman–Crippen MR) is 85.8 cm³/mol. The summed E-state index contributed by atoms with van der Waals surface area (Å²) in [4.78, 5) is 12.0. The number of anilines is 1. The normalized spacial score (nSPS) is 10.3. The maximum absolute atomic E-state index is 12.0. The number of aryl methyl sites for hydroxylation is 1. The molecule has 0 aliphatic rings. The first-order chi connectivity index (χ1) is 9.56. The Morgan fingerprint density at radius 1 is 1.20 bits per heavy atom. The van der Waals surface area contributed by atoms with Gasteiger partial charge in [0, 0.05) is 22.3 Å². The van der Waals surface area contributed by atoms with Crippen LogP contribution in [0.25, 0.3) is 0 Å². The fraction of sp³-hybridized carbons (Fsp3) is 0.188. The summed E-state index contributed by atoms with van der Waals surface area (Å²) in [5.74, 6) is -0.0545. The van der Waals surface area contributed by atoms with E-state index < -0.39 is 0 Å². The van der Waals surface area contributed by atoms with Gasteiger partial charge in [0.15, 0.2) is 0 Å². The van der Waals surface area contributed by atoms with Crippen molar-refractivity contribution in [2.75, 3.05) is 12.3 Å². The molecule has 0 unspecified atom stereocenters. The Bertz CT molecular complexity index is 608. The van der Waals surface area contributed by atoms with Crippen LogP contribution in [0.5, 0.6) is 0 Å². The maximum Gasteiger partial charge on any atom is 0.251 e. The number of halogens is 1. The number of hydrogen-bond acceptors (Lipinski definition) is 2. The number of hydrogen-bond donors (Lipinski definition) is 2. The summed E-state index contributed by atoms with van der Waals surface area (Å²) in [6.45, 7) is 2.60. The van der Waals surface area contributed by atoms with Gasteiger partial charge in [0.25, 0.3) is 5.91 Å². The molecule has 0 spiro atoms. The number of benzene rings is 2. The van der Waals surface area contributed by atoms with E-state index in [9.17, 15) is 4.79 Å². The van der Waals surface area contributed by atoms with Gasteiger partial charge >= 0.3 is 0 Å². The van der Waals surface area contributed by atoms with Crippen molar-refractivity contribution in [1.82, 2.24) is 5.32 Å². The van der Waals surface area contributed by atoms with E-state index in [1.165, 1.54) is 0 Å². The van der Waals surface area contributed by atoms with Crippen LogP contribution in [0.15, 0.2) is 46.9 Å². The lowest BCUT2D eigenvalue weighted by Crippen LogP contribution is -2.25. The fourth-order valence-electron chi connectivity index (χ4n) is 1.84. The van der Waals surface area contributed by atoms with Crippen molar-refractivity contribution in [3.05, 3.63) is 63.6 Å². The molecule has 0 radical (unpaired) electrons. The van der Waals surface area contributed by atoms with Crippen LogP contribution in [-0.2, 0) is 6.42 Å². The van der Waals surface area contributed by atoms with Gasteiger partial charge in [-0.05, 0) is 48.7 Å². The summed E-state index contributed by atoms with van der Waals surface area (Å²) in [6.07, 6.45) is 0.791. The molecule has 2 rings (SSSR count). The SMILES string of the molecule is Cc1ccc(C(=O)NCCc2ccc(N)cc2)cc1Br. The predicted octanol–water partition coefficient (Wildman–Crippen LogP) is 3.31. The second-order valence-corrected chi connectivity index (χ2v) is 5.57. The molecule has 0 aliphatic heterocycles. The number of carbonyl (C=O) groups excluding carboxylic acids is 1. The van der Waals surface area contributed by atoms with E-state index in [0.29, 0.717) is 12.1 Å². The zero-order valence-electron chi connectivity index (χ0n) is 11.3. The highest BCUT2D eigenvalue weighted by atomic mass is 79.9. The van der Waals surface area contributed by atoms with Crippen molar-refractivity contribution in [3.63, 3.8) is 0 Å². The molecule has 0 atom stereocenters. The number of nitrogens with one attached hydrogen (secondary N) is 1. The average molecular weight is 333 g/mol. The lowest BCUT2D eigenvalue weighted by Gasteiger charge is -2.07. The Balaban J connectivity index is 1.88. The molecule has 0 saturated heterocycles. The lowest BCUT2D eigenvalue weighted by molar-refractivity contribution is 0.0954. The molecular formula is C16H17BrN2O. The van der Waals surface area contributed by atoms with Crippen LogP contribution in [0.1, 0.15) is 21.5 Å². The van der Waals surface area contributed by atoms with E-state index in [1.54, 1.807) is 0 Å². The van der Waals surface area contributed by atoms with Gasteiger partial charge in [0.2, 0.25) is 0 Å². The molecule has 104 valence electrons. The molecule has 0 heterocycles.